The Kier molecular flexibility index (Phi) is 4.83. The van der Waals surface area contributed by atoms with Crippen molar-refractivity contribution in [2.45, 2.75) is 26.0 Å². The maximum absolute atomic E-state index is 11.6. The molecule has 0 amide bonds. The van der Waals surface area contributed by atoms with E-state index in [1.807, 2.05) is 13.0 Å². The summed E-state index contributed by atoms with van der Waals surface area (Å²) < 4.78 is 28.6. The SMILES string of the molecule is Cc1ccc(Cl)cc1OCCS(=O)(=O)C(C)C. The van der Waals surface area contributed by atoms with Crippen LogP contribution in [-0.2, 0) is 9.84 Å². The van der Waals surface area contributed by atoms with Gasteiger partial charge >= 0.3 is 0 Å². The summed E-state index contributed by atoms with van der Waals surface area (Å²) >= 11 is 5.84. The minimum absolute atomic E-state index is 0.0244. The van der Waals surface area contributed by atoms with Crippen LogP contribution in [0.3, 0.4) is 0 Å². The first-order chi connectivity index (χ1) is 7.83. The highest BCUT2D eigenvalue weighted by Gasteiger charge is 2.16. The van der Waals surface area contributed by atoms with Gasteiger partial charge in [-0.2, -0.15) is 0 Å². The molecule has 17 heavy (non-hydrogen) atoms. The second-order valence-corrected chi connectivity index (χ2v) is 7.29. The van der Waals surface area contributed by atoms with E-state index in [1.165, 1.54) is 0 Å². The lowest BCUT2D eigenvalue weighted by molar-refractivity contribution is 0.338. The summed E-state index contributed by atoms with van der Waals surface area (Å²) in [4.78, 5) is 0. The molecule has 0 N–H and O–H groups in total. The van der Waals surface area contributed by atoms with Crippen molar-refractivity contribution >= 4 is 21.4 Å². The van der Waals surface area contributed by atoms with Gasteiger partial charge in [0.25, 0.3) is 0 Å². The summed E-state index contributed by atoms with van der Waals surface area (Å²) in [5.74, 6) is 0.660. The quantitative estimate of drug-likeness (QED) is 0.831. The maximum atomic E-state index is 11.6. The van der Waals surface area contributed by atoms with E-state index in [0.29, 0.717) is 10.8 Å². The number of rotatable bonds is 5. The smallest absolute Gasteiger partial charge is 0.155 e. The number of hydrogen-bond donors (Lipinski definition) is 0. The zero-order valence-corrected chi connectivity index (χ0v) is 11.8. The first kappa shape index (κ1) is 14.3. The van der Waals surface area contributed by atoms with Crippen LogP contribution in [0.25, 0.3) is 0 Å². The lowest BCUT2D eigenvalue weighted by Crippen LogP contribution is -2.22. The molecule has 0 fully saturated rings. The molecule has 0 aromatic heterocycles. The Hall–Kier alpha value is -0.740. The Morgan fingerprint density at radius 1 is 1.35 bits per heavy atom. The maximum Gasteiger partial charge on any atom is 0.155 e. The van der Waals surface area contributed by atoms with Crippen LogP contribution in [-0.4, -0.2) is 26.0 Å². The number of aryl methyl sites for hydroxylation is 1. The van der Waals surface area contributed by atoms with Crippen LogP contribution in [0.4, 0.5) is 0 Å². The van der Waals surface area contributed by atoms with Gasteiger partial charge in [-0.3, -0.25) is 0 Å². The second kappa shape index (κ2) is 5.74. The monoisotopic (exact) mass is 276 g/mol. The molecular formula is C12H17ClO3S. The summed E-state index contributed by atoms with van der Waals surface area (Å²) in [7, 11) is -3.05. The number of hydrogen-bond acceptors (Lipinski definition) is 3. The van der Waals surface area contributed by atoms with Crippen LogP contribution in [0.15, 0.2) is 18.2 Å². The Labute approximate surface area is 108 Å². The van der Waals surface area contributed by atoms with E-state index >= 15 is 0 Å². The van der Waals surface area contributed by atoms with Crippen molar-refractivity contribution in [3.63, 3.8) is 0 Å². The topological polar surface area (TPSA) is 43.4 Å². The highest BCUT2D eigenvalue weighted by Crippen LogP contribution is 2.22. The van der Waals surface area contributed by atoms with E-state index in [4.69, 9.17) is 16.3 Å². The Bertz CT molecular complexity index is 481. The van der Waals surface area contributed by atoms with Crippen LogP contribution >= 0.6 is 11.6 Å². The van der Waals surface area contributed by atoms with E-state index in [1.54, 1.807) is 26.0 Å². The molecule has 1 rings (SSSR count). The summed E-state index contributed by atoms with van der Waals surface area (Å²) in [6.07, 6.45) is 0. The minimum atomic E-state index is -3.05. The zero-order valence-electron chi connectivity index (χ0n) is 10.2. The molecule has 0 aliphatic rings. The molecule has 0 aliphatic carbocycles. The highest BCUT2D eigenvalue weighted by molar-refractivity contribution is 7.91. The molecule has 1 aromatic carbocycles. The van der Waals surface area contributed by atoms with Crippen molar-refractivity contribution in [3.8, 4) is 5.75 Å². The third kappa shape index (κ3) is 4.21. The summed E-state index contributed by atoms with van der Waals surface area (Å²) in [5, 5.41) is 0.212. The Balaban J connectivity index is 2.60. The van der Waals surface area contributed by atoms with Gasteiger partial charge in [-0.25, -0.2) is 8.42 Å². The molecule has 0 saturated carbocycles. The molecule has 0 atom stereocenters. The van der Waals surface area contributed by atoms with E-state index < -0.39 is 9.84 Å². The molecule has 96 valence electrons. The zero-order chi connectivity index (χ0) is 13.1. The van der Waals surface area contributed by atoms with Gasteiger partial charge in [0.15, 0.2) is 9.84 Å². The van der Waals surface area contributed by atoms with Crippen molar-refractivity contribution in [1.82, 2.24) is 0 Å². The van der Waals surface area contributed by atoms with Crippen molar-refractivity contribution in [2.75, 3.05) is 12.4 Å². The van der Waals surface area contributed by atoms with E-state index in [-0.39, 0.29) is 17.6 Å². The number of benzene rings is 1. The lowest BCUT2D eigenvalue weighted by atomic mass is 10.2. The van der Waals surface area contributed by atoms with Crippen LogP contribution in [0.5, 0.6) is 5.75 Å². The van der Waals surface area contributed by atoms with Crippen molar-refractivity contribution < 1.29 is 13.2 Å². The van der Waals surface area contributed by atoms with Crippen LogP contribution in [0.1, 0.15) is 19.4 Å². The van der Waals surface area contributed by atoms with Gasteiger partial charge < -0.3 is 4.74 Å². The van der Waals surface area contributed by atoms with Gasteiger partial charge in [0, 0.05) is 5.02 Å². The predicted molar refractivity (Wildman–Crippen MR) is 70.6 cm³/mol. The molecule has 0 radical (unpaired) electrons. The Morgan fingerprint density at radius 2 is 2.00 bits per heavy atom. The highest BCUT2D eigenvalue weighted by atomic mass is 35.5. The largest absolute Gasteiger partial charge is 0.492 e. The van der Waals surface area contributed by atoms with Crippen LogP contribution in [0, 0.1) is 6.92 Å². The van der Waals surface area contributed by atoms with Crippen LogP contribution < -0.4 is 4.74 Å². The third-order valence-corrected chi connectivity index (χ3v) is 4.90. The van der Waals surface area contributed by atoms with Crippen molar-refractivity contribution in [1.29, 1.82) is 0 Å². The van der Waals surface area contributed by atoms with Crippen molar-refractivity contribution in [2.24, 2.45) is 0 Å². The van der Waals surface area contributed by atoms with Gasteiger partial charge in [0.2, 0.25) is 0 Å². The fourth-order valence-corrected chi connectivity index (χ4v) is 2.18. The first-order valence-electron chi connectivity index (χ1n) is 5.43. The van der Waals surface area contributed by atoms with E-state index in [2.05, 4.69) is 0 Å². The molecule has 0 saturated heterocycles. The lowest BCUT2D eigenvalue weighted by Gasteiger charge is -2.11. The molecular weight excluding hydrogens is 260 g/mol. The molecule has 1 aromatic rings. The average molecular weight is 277 g/mol. The second-order valence-electron chi connectivity index (χ2n) is 4.17. The molecule has 0 aliphatic heterocycles. The van der Waals surface area contributed by atoms with E-state index in [0.717, 1.165) is 5.56 Å². The molecule has 3 nitrogen and oxygen atoms in total. The first-order valence-corrected chi connectivity index (χ1v) is 7.53. The predicted octanol–water partition coefficient (Wildman–Crippen LogP) is 2.85. The number of ether oxygens (including phenoxy) is 1. The van der Waals surface area contributed by atoms with Gasteiger partial charge in [-0.15, -0.1) is 0 Å². The van der Waals surface area contributed by atoms with Gasteiger partial charge in [0.1, 0.15) is 12.4 Å². The fraction of sp³-hybridized carbons (Fsp3) is 0.500. The third-order valence-electron chi connectivity index (χ3n) is 2.49. The van der Waals surface area contributed by atoms with Gasteiger partial charge in [-0.1, -0.05) is 17.7 Å². The van der Waals surface area contributed by atoms with Gasteiger partial charge in [0.05, 0.1) is 11.0 Å². The minimum Gasteiger partial charge on any atom is -0.492 e. The summed E-state index contributed by atoms with van der Waals surface area (Å²) in [5.41, 5.74) is 0.941. The molecule has 5 heteroatoms. The number of halogens is 1. The van der Waals surface area contributed by atoms with E-state index in [9.17, 15) is 8.42 Å². The average Bonchev–Trinajstić information content (AvgIpc) is 2.22. The summed E-state index contributed by atoms with van der Waals surface area (Å²) in [6.45, 7) is 5.38. The molecule has 0 spiro atoms. The van der Waals surface area contributed by atoms with Crippen LogP contribution in [0.2, 0.25) is 5.02 Å². The van der Waals surface area contributed by atoms with Crippen molar-refractivity contribution in [3.05, 3.63) is 28.8 Å². The normalized spacial score (nSPS) is 11.8. The number of sulfone groups is 1. The Morgan fingerprint density at radius 3 is 2.59 bits per heavy atom. The molecule has 0 bridgehead atoms. The molecule has 0 unspecified atom stereocenters. The summed E-state index contributed by atoms with van der Waals surface area (Å²) in [6, 6.07) is 5.31. The molecule has 0 heterocycles. The standard InChI is InChI=1S/C12H17ClO3S/c1-9(2)17(14,15)7-6-16-12-8-11(13)5-4-10(12)3/h4-5,8-9H,6-7H2,1-3H3. The van der Waals surface area contributed by atoms with Gasteiger partial charge in [-0.05, 0) is 38.5 Å². The fourth-order valence-electron chi connectivity index (χ4n) is 1.23.